The predicted molar refractivity (Wildman–Crippen MR) is 115 cm³/mol. The van der Waals surface area contributed by atoms with E-state index in [4.69, 9.17) is 0 Å². The molecule has 148 valence electrons. The minimum Gasteiger partial charge on any atom is -0.238 e. The number of aromatic nitrogens is 2. The lowest BCUT2D eigenvalue weighted by Gasteiger charge is -2.58. The zero-order valence-corrected chi connectivity index (χ0v) is 19.9. The first-order chi connectivity index (χ1) is 11.4. The molecule has 2 nitrogen and oxygen atoms in total. The third kappa shape index (κ3) is 3.49. The van der Waals surface area contributed by atoms with Crippen LogP contribution in [-0.4, -0.2) is 9.97 Å². The lowest BCUT2D eigenvalue weighted by Crippen LogP contribution is -2.51. The Bertz CT molecular complexity index is 687. The molecule has 0 atom stereocenters. The molecule has 0 N–H and O–H groups in total. The SMILES string of the molecule is C/C(=C(/C)C(C)(C)C(C)(C)C(C)(C)C(C)(C)C)c1c(C)nc(C)nc1C. The van der Waals surface area contributed by atoms with Gasteiger partial charge in [-0.15, -0.1) is 0 Å². The molecule has 0 aliphatic carbocycles. The van der Waals surface area contributed by atoms with Crippen molar-refractivity contribution < 1.29 is 0 Å². The van der Waals surface area contributed by atoms with Gasteiger partial charge in [-0.25, -0.2) is 9.97 Å². The average Bonchev–Trinajstić information content (AvgIpc) is 2.43. The summed E-state index contributed by atoms with van der Waals surface area (Å²) in [5, 5.41) is 0. The number of allylic oxidation sites excluding steroid dienone is 2. The van der Waals surface area contributed by atoms with Gasteiger partial charge in [0.15, 0.2) is 0 Å². The molecule has 0 radical (unpaired) electrons. The first kappa shape index (κ1) is 22.9. The van der Waals surface area contributed by atoms with Gasteiger partial charge < -0.3 is 0 Å². The van der Waals surface area contributed by atoms with Crippen molar-refractivity contribution in [3.05, 3.63) is 28.3 Å². The van der Waals surface area contributed by atoms with Crippen LogP contribution in [0.1, 0.15) is 98.9 Å². The first-order valence-corrected chi connectivity index (χ1v) is 9.89. The minimum absolute atomic E-state index is 0.0254. The highest BCUT2D eigenvalue weighted by Crippen LogP contribution is 2.61. The third-order valence-corrected chi connectivity index (χ3v) is 8.26. The maximum atomic E-state index is 4.62. The molecule has 26 heavy (non-hydrogen) atoms. The van der Waals surface area contributed by atoms with Gasteiger partial charge in [-0.2, -0.15) is 0 Å². The molecule has 0 unspecified atom stereocenters. The Balaban J connectivity index is 3.64. The fourth-order valence-electron chi connectivity index (χ4n) is 4.27. The summed E-state index contributed by atoms with van der Waals surface area (Å²) in [5.74, 6) is 0.850. The molecule has 0 aliphatic rings. The third-order valence-electron chi connectivity index (χ3n) is 8.26. The topological polar surface area (TPSA) is 25.8 Å². The van der Waals surface area contributed by atoms with E-state index in [1.165, 1.54) is 16.7 Å². The highest BCUT2D eigenvalue weighted by Gasteiger charge is 2.53. The van der Waals surface area contributed by atoms with Gasteiger partial charge in [-0.1, -0.05) is 67.9 Å². The van der Waals surface area contributed by atoms with E-state index in [1.54, 1.807) is 0 Å². The fourth-order valence-corrected chi connectivity index (χ4v) is 4.27. The monoisotopic (exact) mass is 358 g/mol. The van der Waals surface area contributed by atoms with Gasteiger partial charge in [0.05, 0.1) is 0 Å². The molecule has 0 fully saturated rings. The van der Waals surface area contributed by atoms with Crippen molar-refractivity contribution in [2.45, 2.75) is 96.9 Å². The molecule has 0 bridgehead atoms. The lowest BCUT2D eigenvalue weighted by molar-refractivity contribution is -0.0713. The highest BCUT2D eigenvalue weighted by molar-refractivity contribution is 5.70. The molecule has 0 saturated carbocycles. The van der Waals surface area contributed by atoms with E-state index in [0.717, 1.165) is 17.2 Å². The van der Waals surface area contributed by atoms with E-state index >= 15 is 0 Å². The van der Waals surface area contributed by atoms with Crippen molar-refractivity contribution in [2.24, 2.45) is 21.7 Å². The van der Waals surface area contributed by atoms with Crippen LogP contribution < -0.4 is 0 Å². The van der Waals surface area contributed by atoms with E-state index in [1.807, 2.05) is 6.92 Å². The molecule has 1 aromatic rings. The zero-order valence-electron chi connectivity index (χ0n) is 19.9. The van der Waals surface area contributed by atoms with Gasteiger partial charge in [-0.3, -0.25) is 0 Å². The predicted octanol–water partition coefficient (Wildman–Crippen LogP) is 7.32. The van der Waals surface area contributed by atoms with Gasteiger partial charge in [0, 0.05) is 17.0 Å². The zero-order chi connectivity index (χ0) is 20.9. The molecule has 1 aromatic heterocycles. The van der Waals surface area contributed by atoms with Gasteiger partial charge >= 0.3 is 0 Å². The van der Waals surface area contributed by atoms with Crippen molar-refractivity contribution in [2.75, 3.05) is 0 Å². The lowest BCUT2D eigenvalue weighted by atomic mass is 9.46. The van der Waals surface area contributed by atoms with Crippen LogP contribution in [-0.2, 0) is 0 Å². The molecule has 1 heterocycles. The van der Waals surface area contributed by atoms with E-state index < -0.39 is 0 Å². The van der Waals surface area contributed by atoms with Crippen LogP contribution in [0.5, 0.6) is 0 Å². The van der Waals surface area contributed by atoms with Gasteiger partial charge in [-0.05, 0) is 61.9 Å². The average molecular weight is 359 g/mol. The second-order valence-electron chi connectivity index (χ2n) is 10.7. The Morgan fingerprint density at radius 1 is 0.654 bits per heavy atom. The smallest absolute Gasteiger partial charge is 0.125 e. The second kappa shape index (κ2) is 6.77. The molecule has 2 heteroatoms. The number of hydrogen-bond donors (Lipinski definition) is 0. The van der Waals surface area contributed by atoms with Crippen molar-refractivity contribution in [1.82, 2.24) is 9.97 Å². The maximum absolute atomic E-state index is 4.62. The van der Waals surface area contributed by atoms with E-state index in [0.29, 0.717) is 0 Å². The molecule has 0 spiro atoms. The summed E-state index contributed by atoms with van der Waals surface area (Å²) in [4.78, 5) is 9.25. The van der Waals surface area contributed by atoms with Crippen molar-refractivity contribution in [3.63, 3.8) is 0 Å². The summed E-state index contributed by atoms with van der Waals surface area (Å²) in [6.45, 7) is 32.3. The number of nitrogens with zero attached hydrogens (tertiary/aromatic N) is 2. The molecule has 0 saturated heterocycles. The van der Waals surface area contributed by atoms with Gasteiger partial charge in [0.25, 0.3) is 0 Å². The van der Waals surface area contributed by atoms with E-state index in [2.05, 4.69) is 100.0 Å². The fraction of sp³-hybridized carbons (Fsp3) is 0.750. The first-order valence-electron chi connectivity index (χ1n) is 9.89. The summed E-state index contributed by atoms with van der Waals surface area (Å²) in [6, 6.07) is 0. The van der Waals surface area contributed by atoms with Crippen molar-refractivity contribution in [1.29, 1.82) is 0 Å². The van der Waals surface area contributed by atoms with Crippen LogP contribution in [0.15, 0.2) is 5.57 Å². The van der Waals surface area contributed by atoms with Crippen LogP contribution in [0.4, 0.5) is 0 Å². The Kier molecular flexibility index (Phi) is 5.95. The van der Waals surface area contributed by atoms with Crippen LogP contribution in [0, 0.1) is 42.4 Å². The van der Waals surface area contributed by atoms with E-state index in [-0.39, 0.29) is 21.7 Å². The van der Waals surface area contributed by atoms with Crippen LogP contribution >= 0.6 is 0 Å². The number of rotatable bonds is 4. The summed E-state index contributed by atoms with van der Waals surface area (Å²) >= 11 is 0. The molecule has 0 aliphatic heterocycles. The Hall–Kier alpha value is -1.18. The van der Waals surface area contributed by atoms with Gasteiger partial charge in [0.1, 0.15) is 5.82 Å². The van der Waals surface area contributed by atoms with E-state index in [9.17, 15) is 0 Å². The maximum Gasteiger partial charge on any atom is 0.125 e. The normalized spacial score (nSPS) is 15.2. The molecule has 0 aromatic carbocycles. The molecular weight excluding hydrogens is 316 g/mol. The Morgan fingerprint density at radius 3 is 1.38 bits per heavy atom. The van der Waals surface area contributed by atoms with Crippen LogP contribution in [0.2, 0.25) is 0 Å². The summed E-state index contributed by atoms with van der Waals surface area (Å²) in [6.07, 6.45) is 0. The largest absolute Gasteiger partial charge is 0.238 e. The number of aryl methyl sites for hydroxylation is 3. The Labute approximate surface area is 162 Å². The second-order valence-corrected chi connectivity index (χ2v) is 10.7. The Morgan fingerprint density at radius 2 is 1.04 bits per heavy atom. The van der Waals surface area contributed by atoms with Crippen LogP contribution in [0.3, 0.4) is 0 Å². The molecule has 1 rings (SSSR count). The molecule has 0 amide bonds. The molecular formula is C24H42N2. The van der Waals surface area contributed by atoms with Gasteiger partial charge in [0.2, 0.25) is 0 Å². The summed E-state index contributed by atoms with van der Waals surface area (Å²) < 4.78 is 0. The van der Waals surface area contributed by atoms with Crippen LogP contribution in [0.25, 0.3) is 5.57 Å². The summed E-state index contributed by atoms with van der Waals surface area (Å²) in [5.41, 5.74) is 6.60. The standard InChI is InChI=1S/C24H42N2/c1-15(20-17(3)25-19(5)26-18(20)4)16(2)22(9,10)24(13,14)23(11,12)21(6,7)8/h1-14H3/b16-15+. The minimum atomic E-state index is 0.0254. The van der Waals surface area contributed by atoms with Crippen molar-refractivity contribution in [3.8, 4) is 0 Å². The number of hydrogen-bond acceptors (Lipinski definition) is 2. The quantitative estimate of drug-likeness (QED) is 0.563. The summed E-state index contributed by atoms with van der Waals surface area (Å²) in [7, 11) is 0. The highest BCUT2D eigenvalue weighted by atomic mass is 14.9. The van der Waals surface area contributed by atoms with Crippen molar-refractivity contribution >= 4 is 5.57 Å².